The summed E-state index contributed by atoms with van der Waals surface area (Å²) in [5.41, 5.74) is 0.827. The number of nitrogens with zero attached hydrogens (tertiary/aromatic N) is 2. The van der Waals surface area contributed by atoms with Crippen LogP contribution in [0.5, 0.6) is 0 Å². The standard InChI is InChI=1S/C17H16Cl3N3O3/c1-3-22(4-2)15-9-14(13(20)8-16(15)23(25)26)21-17(24)10-5-6-11(18)12(19)7-10/h5-9H,3-4H2,1-2H3,(H,21,24). The molecule has 0 fully saturated rings. The minimum Gasteiger partial charge on any atom is -0.366 e. The predicted octanol–water partition coefficient (Wildman–Crippen LogP) is 5.65. The molecule has 2 aromatic rings. The Balaban J connectivity index is 2.42. The number of anilines is 2. The van der Waals surface area contributed by atoms with Crippen molar-refractivity contribution in [3.05, 3.63) is 61.1 Å². The van der Waals surface area contributed by atoms with E-state index in [-0.39, 0.29) is 21.4 Å². The highest BCUT2D eigenvalue weighted by atomic mass is 35.5. The molecule has 0 heterocycles. The highest BCUT2D eigenvalue weighted by molar-refractivity contribution is 6.42. The number of hydrogen-bond acceptors (Lipinski definition) is 4. The summed E-state index contributed by atoms with van der Waals surface area (Å²) in [7, 11) is 0. The molecule has 6 nitrogen and oxygen atoms in total. The van der Waals surface area contributed by atoms with Gasteiger partial charge in [-0.1, -0.05) is 34.8 Å². The molecule has 2 aromatic carbocycles. The number of benzene rings is 2. The van der Waals surface area contributed by atoms with Crippen LogP contribution in [0.25, 0.3) is 0 Å². The summed E-state index contributed by atoms with van der Waals surface area (Å²) in [5, 5.41) is 14.7. The molecule has 9 heteroatoms. The number of nitro benzene ring substituents is 1. The molecule has 0 aliphatic heterocycles. The first kappa shape index (κ1) is 20.3. The first-order valence-corrected chi connectivity index (χ1v) is 8.91. The van der Waals surface area contributed by atoms with E-state index in [2.05, 4.69) is 5.32 Å². The molecule has 138 valence electrons. The van der Waals surface area contributed by atoms with Crippen LogP contribution in [0.15, 0.2) is 30.3 Å². The van der Waals surface area contributed by atoms with Crippen LogP contribution < -0.4 is 10.2 Å². The van der Waals surface area contributed by atoms with Crippen molar-refractivity contribution in [3.63, 3.8) is 0 Å². The van der Waals surface area contributed by atoms with Gasteiger partial charge in [-0.05, 0) is 38.1 Å². The number of rotatable bonds is 6. The molecule has 0 aliphatic carbocycles. The maximum atomic E-state index is 12.4. The van der Waals surface area contributed by atoms with Gasteiger partial charge in [-0.2, -0.15) is 0 Å². The number of nitrogens with one attached hydrogen (secondary N) is 1. The zero-order chi connectivity index (χ0) is 19.4. The van der Waals surface area contributed by atoms with Crippen molar-refractivity contribution < 1.29 is 9.72 Å². The Morgan fingerprint density at radius 1 is 1.08 bits per heavy atom. The summed E-state index contributed by atoms with van der Waals surface area (Å²) in [6.07, 6.45) is 0. The number of halogens is 3. The molecule has 0 radical (unpaired) electrons. The minimum atomic E-state index is -0.496. The fourth-order valence-electron chi connectivity index (χ4n) is 2.44. The van der Waals surface area contributed by atoms with Gasteiger partial charge in [0.05, 0.1) is 25.7 Å². The lowest BCUT2D eigenvalue weighted by molar-refractivity contribution is -0.384. The molecule has 1 amide bonds. The van der Waals surface area contributed by atoms with E-state index in [4.69, 9.17) is 34.8 Å². The van der Waals surface area contributed by atoms with Gasteiger partial charge in [0.25, 0.3) is 11.6 Å². The quantitative estimate of drug-likeness (QED) is 0.487. The Kier molecular flexibility index (Phi) is 6.69. The van der Waals surface area contributed by atoms with Crippen molar-refractivity contribution in [1.82, 2.24) is 0 Å². The lowest BCUT2D eigenvalue weighted by Gasteiger charge is -2.22. The van der Waals surface area contributed by atoms with E-state index in [1.165, 1.54) is 30.3 Å². The van der Waals surface area contributed by atoms with E-state index in [1.807, 2.05) is 18.7 Å². The van der Waals surface area contributed by atoms with E-state index in [1.54, 1.807) is 0 Å². The fraction of sp³-hybridized carbons (Fsp3) is 0.235. The maximum absolute atomic E-state index is 12.4. The molecular formula is C17H16Cl3N3O3. The van der Waals surface area contributed by atoms with Crippen LogP contribution in [-0.2, 0) is 0 Å². The average Bonchev–Trinajstić information content (AvgIpc) is 2.60. The molecule has 0 aromatic heterocycles. The predicted molar refractivity (Wildman–Crippen MR) is 106 cm³/mol. The summed E-state index contributed by atoms with van der Waals surface area (Å²) in [5.74, 6) is -0.454. The SMILES string of the molecule is CCN(CC)c1cc(NC(=O)c2ccc(Cl)c(Cl)c2)c(Cl)cc1[N+](=O)[O-]. The van der Waals surface area contributed by atoms with Crippen LogP contribution >= 0.6 is 34.8 Å². The molecule has 0 bridgehead atoms. The van der Waals surface area contributed by atoms with Gasteiger partial charge in [0.2, 0.25) is 0 Å². The highest BCUT2D eigenvalue weighted by Crippen LogP contribution is 2.37. The van der Waals surface area contributed by atoms with Crippen LogP contribution in [0.2, 0.25) is 15.1 Å². The van der Waals surface area contributed by atoms with Crippen molar-refractivity contribution in [2.24, 2.45) is 0 Å². The van der Waals surface area contributed by atoms with Crippen LogP contribution in [0.3, 0.4) is 0 Å². The van der Waals surface area contributed by atoms with Gasteiger partial charge >= 0.3 is 0 Å². The molecule has 0 atom stereocenters. The monoisotopic (exact) mass is 415 g/mol. The molecule has 0 aliphatic rings. The Hall–Kier alpha value is -2.02. The number of carbonyl (C=O) groups excluding carboxylic acids is 1. The van der Waals surface area contributed by atoms with Crippen molar-refractivity contribution in [2.75, 3.05) is 23.3 Å². The second kappa shape index (κ2) is 8.58. The third-order valence-corrected chi connectivity index (χ3v) is 4.85. The average molecular weight is 417 g/mol. The van der Waals surface area contributed by atoms with Crippen molar-refractivity contribution in [2.45, 2.75) is 13.8 Å². The van der Waals surface area contributed by atoms with Gasteiger partial charge in [-0.25, -0.2) is 0 Å². The minimum absolute atomic E-state index is 0.0704. The second-order valence-electron chi connectivity index (χ2n) is 5.33. The lowest BCUT2D eigenvalue weighted by Crippen LogP contribution is -2.23. The first-order chi connectivity index (χ1) is 12.3. The summed E-state index contributed by atoms with van der Waals surface area (Å²) < 4.78 is 0. The van der Waals surface area contributed by atoms with Gasteiger partial charge in [0, 0.05) is 24.7 Å². The van der Waals surface area contributed by atoms with Crippen molar-refractivity contribution >= 4 is 57.8 Å². The molecule has 0 spiro atoms. The normalized spacial score (nSPS) is 10.5. The van der Waals surface area contributed by atoms with Crippen LogP contribution in [0.1, 0.15) is 24.2 Å². The number of nitro groups is 1. The summed E-state index contributed by atoms with van der Waals surface area (Å²) in [6, 6.07) is 7.21. The Morgan fingerprint density at radius 3 is 2.27 bits per heavy atom. The largest absolute Gasteiger partial charge is 0.366 e. The topological polar surface area (TPSA) is 75.5 Å². The van der Waals surface area contributed by atoms with Gasteiger partial charge in [0.1, 0.15) is 5.69 Å². The molecule has 2 rings (SSSR count). The lowest BCUT2D eigenvalue weighted by atomic mass is 10.2. The van der Waals surface area contributed by atoms with Gasteiger partial charge < -0.3 is 10.2 Å². The van der Waals surface area contributed by atoms with Gasteiger partial charge in [-0.15, -0.1) is 0 Å². The van der Waals surface area contributed by atoms with Crippen LogP contribution in [0.4, 0.5) is 17.1 Å². The fourth-order valence-corrected chi connectivity index (χ4v) is 2.95. The summed E-state index contributed by atoms with van der Waals surface area (Å²) >= 11 is 17.9. The van der Waals surface area contributed by atoms with Crippen LogP contribution in [-0.4, -0.2) is 23.9 Å². The van der Waals surface area contributed by atoms with Crippen molar-refractivity contribution in [1.29, 1.82) is 0 Å². The molecule has 0 unspecified atom stereocenters. The van der Waals surface area contributed by atoms with Crippen LogP contribution in [0, 0.1) is 10.1 Å². The maximum Gasteiger partial charge on any atom is 0.294 e. The number of hydrogen-bond donors (Lipinski definition) is 1. The molecule has 0 saturated carbocycles. The van der Waals surface area contributed by atoms with E-state index in [0.717, 1.165) is 0 Å². The summed E-state index contributed by atoms with van der Waals surface area (Å²) in [4.78, 5) is 25.1. The van der Waals surface area contributed by atoms with E-state index >= 15 is 0 Å². The second-order valence-corrected chi connectivity index (χ2v) is 6.55. The Labute approximate surface area is 165 Å². The zero-order valence-corrected chi connectivity index (χ0v) is 16.3. The zero-order valence-electron chi connectivity index (χ0n) is 14.1. The number of carbonyl (C=O) groups is 1. The van der Waals surface area contributed by atoms with Gasteiger partial charge in [0.15, 0.2) is 0 Å². The Morgan fingerprint density at radius 2 is 1.73 bits per heavy atom. The summed E-state index contributed by atoms with van der Waals surface area (Å²) in [6.45, 7) is 4.91. The first-order valence-electron chi connectivity index (χ1n) is 7.77. The third kappa shape index (κ3) is 4.38. The smallest absolute Gasteiger partial charge is 0.294 e. The molecule has 0 saturated heterocycles. The molecule has 26 heavy (non-hydrogen) atoms. The Bertz CT molecular complexity index is 855. The van der Waals surface area contributed by atoms with E-state index < -0.39 is 10.8 Å². The van der Waals surface area contributed by atoms with Crippen molar-refractivity contribution in [3.8, 4) is 0 Å². The molecular weight excluding hydrogens is 401 g/mol. The van der Waals surface area contributed by atoms with E-state index in [9.17, 15) is 14.9 Å². The highest BCUT2D eigenvalue weighted by Gasteiger charge is 2.22. The molecule has 1 N–H and O–H groups in total. The van der Waals surface area contributed by atoms with Gasteiger partial charge in [-0.3, -0.25) is 14.9 Å². The van der Waals surface area contributed by atoms with E-state index in [0.29, 0.717) is 29.4 Å². The number of amides is 1. The third-order valence-electron chi connectivity index (χ3n) is 3.80.